The van der Waals surface area contributed by atoms with Crippen LogP contribution in [0.25, 0.3) is 5.76 Å². The van der Waals surface area contributed by atoms with Crippen LogP contribution in [0.5, 0.6) is 5.75 Å². The molecule has 1 aliphatic rings. The number of hydrogen-bond donors (Lipinski definition) is 2. The quantitative estimate of drug-likeness (QED) is 0.235. The third-order valence-corrected chi connectivity index (χ3v) is 4.86. The maximum atomic E-state index is 12.8. The number of Topliss-reactive ketones (excluding diaryl/α,β-unsaturated/α-hetero) is 1. The molecule has 2 aromatic rings. The van der Waals surface area contributed by atoms with E-state index in [-0.39, 0.29) is 36.6 Å². The molecule has 156 valence electrons. The molecule has 9 nitrogen and oxygen atoms in total. The van der Waals surface area contributed by atoms with Gasteiger partial charge in [0.2, 0.25) is 0 Å². The molecule has 0 radical (unpaired) electrons. The second-order valence-electron chi connectivity index (χ2n) is 6.65. The van der Waals surface area contributed by atoms with Gasteiger partial charge >= 0.3 is 0 Å². The molecule has 0 bridgehead atoms. The SMILES string of the molecule is COc1ccc(C(O)=C2C(=O)C(=O)N(CCCO)C2c2cccc([N+](=O)[O-])c2)cc1. The monoisotopic (exact) mass is 412 g/mol. The summed E-state index contributed by atoms with van der Waals surface area (Å²) in [6, 6.07) is 10.8. The molecule has 0 aliphatic carbocycles. The number of hydrogen-bond acceptors (Lipinski definition) is 7. The summed E-state index contributed by atoms with van der Waals surface area (Å²) in [5.41, 5.74) is 0.246. The van der Waals surface area contributed by atoms with Gasteiger partial charge in [0, 0.05) is 30.8 Å². The molecule has 2 N–H and O–H groups in total. The van der Waals surface area contributed by atoms with Crippen LogP contribution in [0.15, 0.2) is 54.1 Å². The Bertz CT molecular complexity index is 1010. The number of amides is 1. The molecule has 30 heavy (non-hydrogen) atoms. The summed E-state index contributed by atoms with van der Waals surface area (Å²) in [4.78, 5) is 37.3. The number of nitro benzene ring substituents is 1. The number of nitrogens with zero attached hydrogens (tertiary/aromatic N) is 2. The normalized spacial score (nSPS) is 17.9. The lowest BCUT2D eigenvalue weighted by molar-refractivity contribution is -0.384. The number of aliphatic hydroxyl groups is 2. The van der Waals surface area contributed by atoms with E-state index in [1.165, 1.54) is 30.2 Å². The van der Waals surface area contributed by atoms with Crippen molar-refractivity contribution in [3.05, 3.63) is 75.3 Å². The highest BCUT2D eigenvalue weighted by Gasteiger charge is 2.46. The molecular formula is C21H20N2O7. The lowest BCUT2D eigenvalue weighted by Gasteiger charge is -2.25. The van der Waals surface area contributed by atoms with E-state index in [4.69, 9.17) is 9.84 Å². The molecule has 0 saturated carbocycles. The van der Waals surface area contributed by atoms with Crippen LogP contribution in [0.2, 0.25) is 0 Å². The minimum atomic E-state index is -1.02. The van der Waals surface area contributed by atoms with Crippen LogP contribution in [0, 0.1) is 10.1 Å². The number of rotatable bonds is 7. The van der Waals surface area contributed by atoms with Crippen molar-refractivity contribution < 1.29 is 29.5 Å². The van der Waals surface area contributed by atoms with E-state index in [1.54, 1.807) is 30.3 Å². The molecular weight excluding hydrogens is 392 g/mol. The number of nitro groups is 1. The number of non-ortho nitro benzene ring substituents is 1. The van der Waals surface area contributed by atoms with Crippen LogP contribution in [0.4, 0.5) is 5.69 Å². The highest BCUT2D eigenvalue weighted by Crippen LogP contribution is 2.40. The zero-order valence-corrected chi connectivity index (χ0v) is 16.1. The van der Waals surface area contributed by atoms with Gasteiger partial charge in [0.15, 0.2) is 0 Å². The third kappa shape index (κ3) is 3.87. The summed E-state index contributed by atoms with van der Waals surface area (Å²) in [6.45, 7) is -0.156. The standard InChI is InChI=1S/C21H20N2O7/c1-30-16-8-6-13(7-9-16)19(25)17-18(14-4-2-5-15(12-14)23(28)29)22(10-3-11-24)21(27)20(17)26/h2,4-9,12,18,24-25H,3,10-11H2,1H3. The molecule has 1 saturated heterocycles. The van der Waals surface area contributed by atoms with Crippen LogP contribution >= 0.6 is 0 Å². The molecule has 2 aromatic carbocycles. The highest BCUT2D eigenvalue weighted by molar-refractivity contribution is 6.46. The van der Waals surface area contributed by atoms with Gasteiger partial charge in [0.05, 0.1) is 23.6 Å². The Hall–Kier alpha value is -3.72. The molecule has 1 amide bonds. The van der Waals surface area contributed by atoms with Crippen molar-refractivity contribution in [3.8, 4) is 5.75 Å². The Morgan fingerprint density at radius 2 is 1.90 bits per heavy atom. The van der Waals surface area contributed by atoms with Crippen LogP contribution in [0.1, 0.15) is 23.6 Å². The molecule has 3 rings (SSSR count). The summed E-state index contributed by atoms with van der Waals surface area (Å²) in [5.74, 6) is -1.57. The van der Waals surface area contributed by atoms with Gasteiger partial charge in [-0.05, 0) is 36.2 Å². The summed E-state index contributed by atoms with van der Waals surface area (Å²) in [6.07, 6.45) is 0.209. The largest absolute Gasteiger partial charge is 0.507 e. The van der Waals surface area contributed by atoms with Crippen LogP contribution in [-0.2, 0) is 9.59 Å². The number of aliphatic hydroxyl groups excluding tert-OH is 2. The van der Waals surface area contributed by atoms with Crippen LogP contribution < -0.4 is 4.74 Å². The number of benzene rings is 2. The van der Waals surface area contributed by atoms with Crippen molar-refractivity contribution in [2.24, 2.45) is 0 Å². The first kappa shape index (κ1) is 21.0. The Morgan fingerprint density at radius 1 is 1.20 bits per heavy atom. The van der Waals surface area contributed by atoms with Gasteiger partial charge in [-0.2, -0.15) is 0 Å². The fourth-order valence-corrected chi connectivity index (χ4v) is 3.41. The topological polar surface area (TPSA) is 130 Å². The predicted molar refractivity (Wildman–Crippen MR) is 107 cm³/mol. The Morgan fingerprint density at radius 3 is 2.50 bits per heavy atom. The average Bonchev–Trinajstić information content (AvgIpc) is 3.02. The number of ether oxygens (including phenoxy) is 1. The van der Waals surface area contributed by atoms with E-state index in [1.807, 2.05) is 0 Å². The number of ketones is 1. The van der Waals surface area contributed by atoms with Crippen molar-refractivity contribution >= 4 is 23.1 Å². The molecule has 0 spiro atoms. The summed E-state index contributed by atoms with van der Waals surface area (Å²) >= 11 is 0. The first-order valence-electron chi connectivity index (χ1n) is 9.17. The summed E-state index contributed by atoms with van der Waals surface area (Å²) in [5, 5.41) is 31.3. The van der Waals surface area contributed by atoms with Crippen LogP contribution in [0.3, 0.4) is 0 Å². The molecule has 0 aromatic heterocycles. The minimum absolute atomic E-state index is 0.0494. The van der Waals surface area contributed by atoms with Crippen molar-refractivity contribution in [3.63, 3.8) is 0 Å². The van der Waals surface area contributed by atoms with E-state index < -0.39 is 22.7 Å². The van der Waals surface area contributed by atoms with E-state index >= 15 is 0 Å². The fraction of sp³-hybridized carbons (Fsp3) is 0.238. The van der Waals surface area contributed by atoms with E-state index in [2.05, 4.69) is 0 Å². The molecule has 9 heteroatoms. The molecule has 1 heterocycles. The molecule has 1 fully saturated rings. The van der Waals surface area contributed by atoms with Gasteiger partial charge in [-0.1, -0.05) is 12.1 Å². The lowest BCUT2D eigenvalue weighted by atomic mass is 9.95. The fourth-order valence-electron chi connectivity index (χ4n) is 3.41. The number of methoxy groups -OCH3 is 1. The Kier molecular flexibility index (Phi) is 6.12. The third-order valence-electron chi connectivity index (χ3n) is 4.86. The van der Waals surface area contributed by atoms with E-state index in [0.717, 1.165) is 0 Å². The number of likely N-dealkylation sites (tertiary alicyclic amines) is 1. The van der Waals surface area contributed by atoms with Gasteiger partial charge in [0.1, 0.15) is 11.5 Å². The summed E-state index contributed by atoms with van der Waals surface area (Å²) < 4.78 is 5.09. The van der Waals surface area contributed by atoms with Gasteiger partial charge in [-0.15, -0.1) is 0 Å². The second kappa shape index (κ2) is 8.75. The maximum Gasteiger partial charge on any atom is 0.295 e. The zero-order valence-electron chi connectivity index (χ0n) is 16.1. The molecule has 1 aliphatic heterocycles. The smallest absolute Gasteiger partial charge is 0.295 e. The van der Waals surface area contributed by atoms with Gasteiger partial charge in [-0.25, -0.2) is 0 Å². The maximum absolute atomic E-state index is 12.8. The van der Waals surface area contributed by atoms with Crippen molar-refractivity contribution in [2.45, 2.75) is 12.5 Å². The Balaban J connectivity index is 2.17. The van der Waals surface area contributed by atoms with E-state index in [9.17, 15) is 24.8 Å². The van der Waals surface area contributed by atoms with Gasteiger partial charge in [-0.3, -0.25) is 19.7 Å². The predicted octanol–water partition coefficient (Wildman–Crippen LogP) is 2.41. The highest BCUT2D eigenvalue weighted by atomic mass is 16.6. The van der Waals surface area contributed by atoms with Crippen LogP contribution in [-0.4, -0.2) is 52.0 Å². The number of carbonyl (C=O) groups excluding carboxylic acids is 2. The Labute approximate surface area is 172 Å². The zero-order chi connectivity index (χ0) is 21.8. The van der Waals surface area contributed by atoms with Gasteiger partial charge < -0.3 is 19.8 Å². The molecule has 1 unspecified atom stereocenters. The first-order valence-corrected chi connectivity index (χ1v) is 9.17. The minimum Gasteiger partial charge on any atom is -0.507 e. The average molecular weight is 412 g/mol. The van der Waals surface area contributed by atoms with E-state index in [0.29, 0.717) is 16.9 Å². The number of carbonyl (C=O) groups is 2. The lowest BCUT2D eigenvalue weighted by Crippen LogP contribution is -2.31. The van der Waals surface area contributed by atoms with Crippen molar-refractivity contribution in [1.29, 1.82) is 0 Å². The second-order valence-corrected chi connectivity index (χ2v) is 6.65. The summed E-state index contributed by atoms with van der Waals surface area (Å²) in [7, 11) is 1.49. The first-order chi connectivity index (χ1) is 14.4. The molecule has 1 atom stereocenters. The van der Waals surface area contributed by atoms with Gasteiger partial charge in [0.25, 0.3) is 17.4 Å². The van der Waals surface area contributed by atoms with Crippen molar-refractivity contribution in [1.82, 2.24) is 4.90 Å². The van der Waals surface area contributed by atoms with Crippen molar-refractivity contribution in [2.75, 3.05) is 20.3 Å².